The second-order valence-electron chi connectivity index (χ2n) is 7.05. The van der Waals surface area contributed by atoms with Crippen molar-refractivity contribution in [2.24, 2.45) is 0 Å². The summed E-state index contributed by atoms with van der Waals surface area (Å²) >= 11 is 7.04. The number of fused-ring (bicyclic) bond motifs is 2. The van der Waals surface area contributed by atoms with Crippen LogP contribution < -0.4 is 9.80 Å². The highest BCUT2D eigenvalue weighted by molar-refractivity contribution is 9.10. The topological polar surface area (TPSA) is 6.48 Å². The first-order valence-corrected chi connectivity index (χ1v) is 10.4. The molecule has 0 amide bonds. The molecule has 3 aromatic carbocycles. The number of hydrogen-bond donors (Lipinski definition) is 0. The summed E-state index contributed by atoms with van der Waals surface area (Å²) in [6.07, 6.45) is 0. The fraction of sp³-hybridized carbons (Fsp3) is 0.182. The van der Waals surface area contributed by atoms with E-state index in [1.165, 1.54) is 33.6 Å². The van der Waals surface area contributed by atoms with Crippen LogP contribution in [0, 0.1) is 0 Å². The highest BCUT2D eigenvalue weighted by Crippen LogP contribution is 2.35. The first-order valence-electron chi connectivity index (χ1n) is 8.80. The quantitative estimate of drug-likeness (QED) is 0.437. The van der Waals surface area contributed by atoms with Crippen molar-refractivity contribution in [2.75, 3.05) is 9.80 Å². The lowest BCUT2D eigenvalue weighted by molar-refractivity contribution is 0.868. The van der Waals surface area contributed by atoms with Crippen molar-refractivity contribution in [1.29, 1.82) is 0 Å². The van der Waals surface area contributed by atoms with Gasteiger partial charge in [-0.25, -0.2) is 0 Å². The molecule has 0 unspecified atom stereocenters. The van der Waals surface area contributed by atoms with Crippen LogP contribution >= 0.6 is 31.9 Å². The zero-order valence-corrected chi connectivity index (χ0v) is 17.4. The lowest BCUT2D eigenvalue weighted by Crippen LogP contribution is -2.15. The van der Waals surface area contributed by atoms with E-state index in [4.69, 9.17) is 0 Å². The third kappa shape index (κ3) is 2.95. The van der Waals surface area contributed by atoms with Crippen molar-refractivity contribution in [3.8, 4) is 0 Å². The standard InChI is InChI=1S/C22H18Br2N2/c23-19-1-5-21(6-2-19)25-11-15-9-17-13-26(14-18(17)10-16(15)12-25)22-7-3-20(24)4-8-22/h1-10H,11-14H2. The Hall–Kier alpha value is -1.78. The molecule has 0 fully saturated rings. The molecule has 130 valence electrons. The van der Waals surface area contributed by atoms with Crippen molar-refractivity contribution in [3.63, 3.8) is 0 Å². The van der Waals surface area contributed by atoms with Crippen LogP contribution in [0.4, 0.5) is 11.4 Å². The summed E-state index contributed by atoms with van der Waals surface area (Å²) in [6.45, 7) is 4.01. The van der Waals surface area contributed by atoms with Crippen molar-refractivity contribution in [2.45, 2.75) is 26.2 Å². The highest BCUT2D eigenvalue weighted by atomic mass is 79.9. The maximum absolute atomic E-state index is 3.52. The highest BCUT2D eigenvalue weighted by Gasteiger charge is 2.25. The van der Waals surface area contributed by atoms with Crippen molar-refractivity contribution in [3.05, 3.63) is 91.9 Å². The van der Waals surface area contributed by atoms with Gasteiger partial charge in [-0.1, -0.05) is 44.0 Å². The van der Waals surface area contributed by atoms with Gasteiger partial charge in [-0.05, 0) is 70.8 Å². The van der Waals surface area contributed by atoms with Gasteiger partial charge in [0.1, 0.15) is 0 Å². The molecule has 2 nitrogen and oxygen atoms in total. The van der Waals surface area contributed by atoms with E-state index >= 15 is 0 Å². The summed E-state index contributed by atoms with van der Waals surface area (Å²) in [5.74, 6) is 0. The van der Waals surface area contributed by atoms with Gasteiger partial charge in [0.15, 0.2) is 0 Å². The molecule has 0 saturated carbocycles. The van der Waals surface area contributed by atoms with E-state index in [1.54, 1.807) is 0 Å². The van der Waals surface area contributed by atoms with Gasteiger partial charge in [0.05, 0.1) is 0 Å². The molecule has 2 aliphatic rings. The minimum absolute atomic E-state index is 1.00. The normalized spacial score (nSPS) is 15.3. The molecule has 2 aliphatic heterocycles. The molecule has 0 aromatic heterocycles. The Bertz CT molecular complexity index is 853. The predicted octanol–water partition coefficient (Wildman–Crippen LogP) is 6.25. The number of nitrogens with zero attached hydrogens (tertiary/aromatic N) is 2. The monoisotopic (exact) mass is 468 g/mol. The third-order valence-corrected chi connectivity index (χ3v) is 6.41. The van der Waals surface area contributed by atoms with E-state index in [-0.39, 0.29) is 0 Å². The van der Waals surface area contributed by atoms with Crippen LogP contribution in [0.25, 0.3) is 0 Å². The molecular formula is C22H18Br2N2. The molecule has 4 heteroatoms. The molecule has 0 saturated heterocycles. The second-order valence-corrected chi connectivity index (χ2v) is 8.89. The average Bonchev–Trinajstić information content (AvgIpc) is 3.23. The fourth-order valence-corrected chi connectivity index (χ4v) is 4.51. The van der Waals surface area contributed by atoms with Crippen LogP contribution in [-0.2, 0) is 26.2 Å². The number of rotatable bonds is 2. The summed E-state index contributed by atoms with van der Waals surface area (Å²) in [6, 6.07) is 22.1. The van der Waals surface area contributed by atoms with Gasteiger partial charge in [0.2, 0.25) is 0 Å². The summed E-state index contributed by atoms with van der Waals surface area (Å²) < 4.78 is 2.26. The molecular weight excluding hydrogens is 452 g/mol. The number of hydrogen-bond acceptors (Lipinski definition) is 2. The molecule has 0 bridgehead atoms. The predicted molar refractivity (Wildman–Crippen MR) is 115 cm³/mol. The zero-order valence-electron chi connectivity index (χ0n) is 14.3. The van der Waals surface area contributed by atoms with Crippen molar-refractivity contribution < 1.29 is 0 Å². The molecule has 0 atom stereocenters. The first-order chi connectivity index (χ1) is 12.7. The lowest BCUT2D eigenvalue weighted by Gasteiger charge is -2.18. The largest absolute Gasteiger partial charge is 0.363 e. The van der Waals surface area contributed by atoms with Gasteiger partial charge in [0, 0.05) is 46.5 Å². The fourth-order valence-electron chi connectivity index (χ4n) is 3.98. The molecule has 0 N–H and O–H groups in total. The van der Waals surface area contributed by atoms with Crippen LogP contribution in [0.15, 0.2) is 69.6 Å². The summed E-state index contributed by atoms with van der Waals surface area (Å²) in [7, 11) is 0. The van der Waals surface area contributed by atoms with E-state index in [0.717, 1.165) is 35.1 Å². The van der Waals surface area contributed by atoms with E-state index in [0.29, 0.717) is 0 Å². The Morgan fingerprint density at radius 1 is 0.500 bits per heavy atom. The zero-order chi connectivity index (χ0) is 17.7. The number of anilines is 2. The second kappa shape index (κ2) is 6.43. The van der Waals surface area contributed by atoms with E-state index in [2.05, 4.69) is 102 Å². The molecule has 2 heterocycles. The van der Waals surface area contributed by atoms with E-state index < -0.39 is 0 Å². The SMILES string of the molecule is Brc1ccc(N2Cc3cc4c(cc3C2)CN(c2ccc(Br)cc2)C4)cc1. The molecule has 0 spiro atoms. The minimum Gasteiger partial charge on any atom is -0.363 e. The lowest BCUT2D eigenvalue weighted by atomic mass is 10.0. The van der Waals surface area contributed by atoms with Gasteiger partial charge < -0.3 is 9.80 Å². The Kier molecular flexibility index (Phi) is 4.06. The Labute approximate surface area is 170 Å². The van der Waals surface area contributed by atoms with Crippen LogP contribution in [0.1, 0.15) is 22.3 Å². The molecule has 26 heavy (non-hydrogen) atoms. The maximum Gasteiger partial charge on any atom is 0.0436 e. The van der Waals surface area contributed by atoms with Crippen LogP contribution in [0.2, 0.25) is 0 Å². The average molecular weight is 470 g/mol. The summed E-state index contributed by atoms with van der Waals surface area (Å²) in [5, 5.41) is 0. The Balaban J connectivity index is 1.37. The molecule has 3 aromatic rings. The molecule has 0 aliphatic carbocycles. The van der Waals surface area contributed by atoms with Gasteiger partial charge in [-0.2, -0.15) is 0 Å². The van der Waals surface area contributed by atoms with Gasteiger partial charge in [-0.15, -0.1) is 0 Å². The van der Waals surface area contributed by atoms with Crippen molar-refractivity contribution >= 4 is 43.2 Å². The van der Waals surface area contributed by atoms with Gasteiger partial charge in [-0.3, -0.25) is 0 Å². The van der Waals surface area contributed by atoms with Crippen LogP contribution in [-0.4, -0.2) is 0 Å². The van der Waals surface area contributed by atoms with Gasteiger partial charge >= 0.3 is 0 Å². The first kappa shape index (κ1) is 16.4. The summed E-state index contributed by atoms with van der Waals surface area (Å²) in [5.41, 5.74) is 8.49. The van der Waals surface area contributed by atoms with E-state index in [1.807, 2.05) is 0 Å². The smallest absolute Gasteiger partial charge is 0.0436 e. The summed E-state index contributed by atoms with van der Waals surface area (Å²) in [4.78, 5) is 4.91. The number of halogens is 2. The minimum atomic E-state index is 1.00. The molecule has 5 rings (SSSR count). The van der Waals surface area contributed by atoms with Gasteiger partial charge in [0.25, 0.3) is 0 Å². The third-order valence-electron chi connectivity index (χ3n) is 5.35. The Morgan fingerprint density at radius 2 is 0.808 bits per heavy atom. The van der Waals surface area contributed by atoms with Crippen molar-refractivity contribution in [1.82, 2.24) is 0 Å². The van der Waals surface area contributed by atoms with E-state index in [9.17, 15) is 0 Å². The number of benzene rings is 3. The molecule has 0 radical (unpaired) electrons. The van der Waals surface area contributed by atoms with Crippen LogP contribution in [0.3, 0.4) is 0 Å². The van der Waals surface area contributed by atoms with Crippen LogP contribution in [0.5, 0.6) is 0 Å². The Morgan fingerprint density at radius 3 is 1.12 bits per heavy atom. The maximum atomic E-state index is 3.52.